The van der Waals surface area contributed by atoms with E-state index >= 15 is 0 Å². The largest absolute Gasteiger partial charge is 0.486 e. The number of ether oxygens (including phenoxy) is 2. The smallest absolute Gasteiger partial charge is 0.161 e. The van der Waals surface area contributed by atoms with E-state index in [0.29, 0.717) is 13.2 Å². The molecule has 0 radical (unpaired) electrons. The molecular formula is C14H20N2O2. The van der Waals surface area contributed by atoms with Gasteiger partial charge in [-0.05, 0) is 44.8 Å². The molecule has 0 aromatic heterocycles. The van der Waals surface area contributed by atoms with E-state index in [-0.39, 0.29) is 5.54 Å². The first kappa shape index (κ1) is 11.8. The molecule has 98 valence electrons. The molecule has 2 aliphatic rings. The lowest BCUT2D eigenvalue weighted by molar-refractivity contribution is 0.162. The first-order valence-corrected chi connectivity index (χ1v) is 6.51. The fourth-order valence-corrected chi connectivity index (χ4v) is 2.90. The fraction of sp³-hybridized carbons (Fsp3) is 0.571. The van der Waals surface area contributed by atoms with E-state index < -0.39 is 0 Å². The van der Waals surface area contributed by atoms with E-state index in [0.717, 1.165) is 31.0 Å². The van der Waals surface area contributed by atoms with E-state index in [1.165, 1.54) is 5.56 Å². The van der Waals surface area contributed by atoms with Crippen molar-refractivity contribution in [1.82, 2.24) is 10.2 Å². The summed E-state index contributed by atoms with van der Waals surface area (Å²) in [5.41, 5.74) is 1.39. The second kappa shape index (κ2) is 4.44. The van der Waals surface area contributed by atoms with Crippen LogP contribution in [-0.4, -0.2) is 45.3 Å². The maximum Gasteiger partial charge on any atom is 0.161 e. The quantitative estimate of drug-likeness (QED) is 0.853. The molecule has 2 aliphatic heterocycles. The Balaban J connectivity index is 2.00. The molecule has 1 fully saturated rings. The summed E-state index contributed by atoms with van der Waals surface area (Å²) in [7, 11) is 4.29. The van der Waals surface area contributed by atoms with Crippen LogP contribution >= 0.6 is 0 Å². The summed E-state index contributed by atoms with van der Waals surface area (Å²) in [6, 6.07) is 6.34. The van der Waals surface area contributed by atoms with Crippen LogP contribution in [0.4, 0.5) is 0 Å². The lowest BCUT2D eigenvalue weighted by Crippen LogP contribution is -2.43. The number of benzene rings is 1. The van der Waals surface area contributed by atoms with Crippen LogP contribution in [0.1, 0.15) is 12.0 Å². The van der Waals surface area contributed by atoms with Gasteiger partial charge in [0.15, 0.2) is 11.5 Å². The third-order valence-corrected chi connectivity index (χ3v) is 4.07. The number of fused-ring (bicyclic) bond motifs is 1. The molecule has 4 heteroatoms. The van der Waals surface area contributed by atoms with Crippen molar-refractivity contribution in [3.05, 3.63) is 23.8 Å². The summed E-state index contributed by atoms with van der Waals surface area (Å²) in [5.74, 6) is 1.75. The van der Waals surface area contributed by atoms with E-state index in [4.69, 9.17) is 9.47 Å². The van der Waals surface area contributed by atoms with Crippen LogP contribution in [0, 0.1) is 0 Å². The number of hydrogen-bond acceptors (Lipinski definition) is 4. The summed E-state index contributed by atoms with van der Waals surface area (Å²) in [6.07, 6.45) is 1.12. The molecule has 1 unspecified atom stereocenters. The maximum atomic E-state index is 5.68. The van der Waals surface area contributed by atoms with Crippen molar-refractivity contribution in [3.63, 3.8) is 0 Å². The first-order valence-electron chi connectivity index (χ1n) is 6.51. The van der Waals surface area contributed by atoms with Crippen molar-refractivity contribution in [3.8, 4) is 11.5 Å². The molecule has 1 saturated heterocycles. The molecular weight excluding hydrogens is 228 g/mol. The second-order valence-electron chi connectivity index (χ2n) is 5.21. The van der Waals surface area contributed by atoms with Gasteiger partial charge in [0.05, 0.1) is 5.54 Å². The van der Waals surface area contributed by atoms with Gasteiger partial charge in [0.1, 0.15) is 13.2 Å². The minimum absolute atomic E-state index is 0.0792. The summed E-state index contributed by atoms with van der Waals surface area (Å²) >= 11 is 0. The minimum Gasteiger partial charge on any atom is -0.486 e. The molecule has 18 heavy (non-hydrogen) atoms. The zero-order chi connectivity index (χ0) is 12.6. The zero-order valence-corrected chi connectivity index (χ0v) is 11.0. The number of nitrogens with zero attached hydrogens (tertiary/aromatic N) is 1. The molecule has 0 saturated carbocycles. The molecule has 0 spiro atoms. The van der Waals surface area contributed by atoms with E-state index in [1.54, 1.807) is 0 Å². The average molecular weight is 248 g/mol. The van der Waals surface area contributed by atoms with Crippen molar-refractivity contribution in [2.24, 2.45) is 0 Å². The molecule has 3 rings (SSSR count). The third-order valence-electron chi connectivity index (χ3n) is 4.07. The van der Waals surface area contributed by atoms with Gasteiger partial charge in [0.25, 0.3) is 0 Å². The first-order chi connectivity index (χ1) is 8.72. The van der Waals surface area contributed by atoms with Crippen LogP contribution in [0.2, 0.25) is 0 Å². The topological polar surface area (TPSA) is 33.7 Å². The van der Waals surface area contributed by atoms with Crippen LogP contribution in [0.5, 0.6) is 11.5 Å². The molecule has 0 aliphatic carbocycles. The van der Waals surface area contributed by atoms with Gasteiger partial charge in [0, 0.05) is 6.54 Å². The maximum absolute atomic E-state index is 5.68. The van der Waals surface area contributed by atoms with Crippen LogP contribution in [0.25, 0.3) is 0 Å². The van der Waals surface area contributed by atoms with Crippen molar-refractivity contribution in [2.75, 3.05) is 40.4 Å². The Labute approximate surface area is 108 Å². The van der Waals surface area contributed by atoms with E-state index in [2.05, 4.69) is 36.4 Å². The lowest BCUT2D eigenvalue weighted by Gasteiger charge is -2.36. The predicted octanol–water partition coefficient (Wildman–Crippen LogP) is 1.21. The normalized spacial score (nSPS) is 26.6. The molecule has 0 bridgehead atoms. The van der Waals surface area contributed by atoms with Crippen LogP contribution in [0.15, 0.2) is 18.2 Å². The summed E-state index contributed by atoms with van der Waals surface area (Å²) in [5, 5.41) is 3.46. The Morgan fingerprint density at radius 1 is 1.17 bits per heavy atom. The second-order valence-corrected chi connectivity index (χ2v) is 5.21. The summed E-state index contributed by atoms with van der Waals surface area (Å²) in [4.78, 5) is 2.30. The van der Waals surface area contributed by atoms with Crippen LogP contribution in [-0.2, 0) is 5.54 Å². The number of likely N-dealkylation sites (N-methyl/N-ethyl adjacent to an activating group) is 1. The molecule has 1 N–H and O–H groups in total. The minimum atomic E-state index is 0.0792. The Morgan fingerprint density at radius 2 is 1.94 bits per heavy atom. The van der Waals surface area contributed by atoms with Gasteiger partial charge in [-0.3, -0.25) is 4.90 Å². The van der Waals surface area contributed by atoms with Gasteiger partial charge in [0.2, 0.25) is 0 Å². The molecule has 2 heterocycles. The average Bonchev–Trinajstić information content (AvgIpc) is 2.89. The van der Waals surface area contributed by atoms with Gasteiger partial charge < -0.3 is 14.8 Å². The third kappa shape index (κ3) is 1.76. The van der Waals surface area contributed by atoms with Crippen molar-refractivity contribution in [2.45, 2.75) is 12.0 Å². The highest BCUT2D eigenvalue weighted by Crippen LogP contribution is 2.38. The predicted molar refractivity (Wildman–Crippen MR) is 70.3 cm³/mol. The Morgan fingerprint density at radius 3 is 2.61 bits per heavy atom. The lowest BCUT2D eigenvalue weighted by atomic mass is 9.87. The number of rotatable bonds is 2. The highest BCUT2D eigenvalue weighted by Gasteiger charge is 2.38. The molecule has 1 aromatic rings. The zero-order valence-electron chi connectivity index (χ0n) is 11.0. The van der Waals surface area contributed by atoms with Crippen LogP contribution in [0.3, 0.4) is 0 Å². The van der Waals surface area contributed by atoms with Gasteiger partial charge in [-0.1, -0.05) is 6.07 Å². The van der Waals surface area contributed by atoms with E-state index in [9.17, 15) is 0 Å². The molecule has 1 aromatic carbocycles. The summed E-state index contributed by atoms with van der Waals surface area (Å²) in [6.45, 7) is 3.34. The van der Waals surface area contributed by atoms with Crippen molar-refractivity contribution < 1.29 is 9.47 Å². The molecule has 1 atom stereocenters. The van der Waals surface area contributed by atoms with Crippen molar-refractivity contribution in [1.29, 1.82) is 0 Å². The number of nitrogens with one attached hydrogen (secondary N) is 1. The molecule has 0 amide bonds. The van der Waals surface area contributed by atoms with Gasteiger partial charge >= 0.3 is 0 Å². The number of hydrogen-bond donors (Lipinski definition) is 1. The Kier molecular flexibility index (Phi) is 2.92. The fourth-order valence-electron chi connectivity index (χ4n) is 2.90. The summed E-state index contributed by atoms with van der Waals surface area (Å²) < 4.78 is 11.3. The molecule has 4 nitrogen and oxygen atoms in total. The highest BCUT2D eigenvalue weighted by atomic mass is 16.6. The highest BCUT2D eigenvalue weighted by molar-refractivity contribution is 5.46. The standard InChI is InChI=1S/C14H20N2O2/c1-16(2)14(5-6-15-10-14)11-3-4-12-13(9-11)18-8-7-17-12/h3-4,9,15H,5-8,10H2,1-2H3. The SMILES string of the molecule is CN(C)C1(c2ccc3c(c2)OCCO3)CCNC1. The van der Waals surface area contributed by atoms with Gasteiger partial charge in [-0.25, -0.2) is 0 Å². The van der Waals surface area contributed by atoms with Gasteiger partial charge in [-0.15, -0.1) is 0 Å². The van der Waals surface area contributed by atoms with E-state index in [1.807, 2.05) is 6.07 Å². The van der Waals surface area contributed by atoms with Gasteiger partial charge in [-0.2, -0.15) is 0 Å². The Hall–Kier alpha value is -1.26. The monoisotopic (exact) mass is 248 g/mol. The van der Waals surface area contributed by atoms with Crippen LogP contribution < -0.4 is 14.8 Å². The Bertz CT molecular complexity index is 439. The van der Waals surface area contributed by atoms with Crippen molar-refractivity contribution >= 4 is 0 Å².